The molecule has 2 rings (SSSR count). The lowest BCUT2D eigenvalue weighted by atomic mass is 10.1. The number of quaternary nitrogens is 1. The smallest absolute Gasteiger partial charge is 0.319 e. The number of amides is 2. The zero-order valence-electron chi connectivity index (χ0n) is 10.5. The van der Waals surface area contributed by atoms with E-state index < -0.39 is 0 Å². The summed E-state index contributed by atoms with van der Waals surface area (Å²) in [6.07, 6.45) is 2.06. The highest BCUT2D eigenvalue weighted by Gasteiger charge is 2.20. The van der Waals surface area contributed by atoms with Crippen molar-refractivity contribution in [2.24, 2.45) is 0 Å². The summed E-state index contributed by atoms with van der Waals surface area (Å²) in [4.78, 5) is 13.4. The number of piperidine rings is 1. The number of likely N-dealkylation sites (tertiary alicyclic amines) is 1. The van der Waals surface area contributed by atoms with Crippen LogP contribution in [0, 0.1) is 0 Å². The Bertz CT molecular complexity index is 416. The van der Waals surface area contributed by atoms with Gasteiger partial charge >= 0.3 is 6.03 Å². The molecule has 1 aromatic carbocycles. The molecule has 1 aromatic rings. The lowest BCUT2D eigenvalue weighted by Gasteiger charge is -2.27. The van der Waals surface area contributed by atoms with Gasteiger partial charge in [-0.05, 0) is 12.1 Å². The fourth-order valence-electron chi connectivity index (χ4n) is 2.16. The van der Waals surface area contributed by atoms with Gasteiger partial charge in [0, 0.05) is 18.9 Å². The molecule has 0 aromatic heterocycles. The largest absolute Gasteiger partial charge is 0.337 e. The van der Waals surface area contributed by atoms with Crippen LogP contribution in [0.2, 0.25) is 5.02 Å². The van der Waals surface area contributed by atoms with E-state index in [9.17, 15) is 4.79 Å². The van der Waals surface area contributed by atoms with Gasteiger partial charge in [0.2, 0.25) is 0 Å². The van der Waals surface area contributed by atoms with E-state index in [1.165, 1.54) is 4.90 Å². The number of anilines is 1. The molecule has 1 aliphatic heterocycles. The third kappa shape index (κ3) is 3.62. The molecule has 0 radical (unpaired) electrons. The van der Waals surface area contributed by atoms with Gasteiger partial charge in [-0.25, -0.2) is 4.79 Å². The number of carbonyl (C=O) groups is 1. The van der Waals surface area contributed by atoms with Crippen molar-refractivity contribution in [3.05, 3.63) is 29.3 Å². The maximum Gasteiger partial charge on any atom is 0.319 e. The van der Waals surface area contributed by atoms with Gasteiger partial charge in [0.05, 0.1) is 30.8 Å². The van der Waals surface area contributed by atoms with Crippen LogP contribution in [0.5, 0.6) is 0 Å². The van der Waals surface area contributed by atoms with Crippen LogP contribution >= 0.6 is 11.6 Å². The van der Waals surface area contributed by atoms with E-state index >= 15 is 0 Å². The van der Waals surface area contributed by atoms with Crippen molar-refractivity contribution in [2.75, 3.05) is 25.5 Å². The number of benzene rings is 1. The van der Waals surface area contributed by atoms with Gasteiger partial charge in [-0.15, -0.1) is 0 Å². The number of nitrogens with one attached hydrogen (secondary N) is 3. The molecule has 0 unspecified atom stereocenters. The zero-order valence-corrected chi connectivity index (χ0v) is 11.3. The molecule has 5 heteroatoms. The van der Waals surface area contributed by atoms with Crippen molar-refractivity contribution in [1.82, 2.24) is 5.32 Å². The average molecular weight is 269 g/mol. The molecule has 0 aliphatic carbocycles. The van der Waals surface area contributed by atoms with E-state index in [0.717, 1.165) is 25.9 Å². The molecule has 0 saturated carbocycles. The molecule has 0 bridgehead atoms. The van der Waals surface area contributed by atoms with Gasteiger partial charge in [0.25, 0.3) is 0 Å². The standard InChI is InChI=1S/C13H18ClN3O/c1-17-8-6-10(7-9-17)15-13(18)16-12-5-3-2-4-11(12)14/h2-5,10H,6-9H2,1H3,(H2,15,16,18)/p+1. The second kappa shape index (κ2) is 6.07. The van der Waals surface area contributed by atoms with E-state index in [-0.39, 0.29) is 12.1 Å². The Hall–Kier alpha value is -1.26. The predicted octanol–water partition coefficient (Wildman–Crippen LogP) is 1.14. The second-order valence-electron chi connectivity index (χ2n) is 4.81. The Kier molecular flexibility index (Phi) is 4.44. The third-order valence-electron chi connectivity index (χ3n) is 3.30. The van der Waals surface area contributed by atoms with E-state index in [2.05, 4.69) is 17.7 Å². The van der Waals surface area contributed by atoms with Crippen LogP contribution in [0.1, 0.15) is 12.8 Å². The molecule has 0 atom stereocenters. The molecular formula is C13H19ClN3O+. The monoisotopic (exact) mass is 268 g/mol. The van der Waals surface area contributed by atoms with Crippen molar-refractivity contribution in [1.29, 1.82) is 0 Å². The van der Waals surface area contributed by atoms with E-state index in [1.54, 1.807) is 12.1 Å². The summed E-state index contributed by atoms with van der Waals surface area (Å²) in [6.45, 7) is 2.22. The van der Waals surface area contributed by atoms with Crippen molar-refractivity contribution < 1.29 is 9.69 Å². The number of halogens is 1. The van der Waals surface area contributed by atoms with Gasteiger partial charge in [-0.3, -0.25) is 0 Å². The van der Waals surface area contributed by atoms with Gasteiger partial charge < -0.3 is 15.5 Å². The quantitative estimate of drug-likeness (QED) is 0.740. The highest BCUT2D eigenvalue weighted by atomic mass is 35.5. The fraction of sp³-hybridized carbons (Fsp3) is 0.462. The van der Waals surface area contributed by atoms with Crippen LogP contribution in [-0.2, 0) is 0 Å². The summed E-state index contributed by atoms with van der Waals surface area (Å²) in [5.74, 6) is 0. The number of para-hydroxylation sites is 1. The van der Waals surface area contributed by atoms with E-state index in [0.29, 0.717) is 10.7 Å². The van der Waals surface area contributed by atoms with Gasteiger partial charge in [-0.2, -0.15) is 0 Å². The van der Waals surface area contributed by atoms with Crippen molar-refractivity contribution in [3.8, 4) is 0 Å². The SMILES string of the molecule is C[NH+]1CCC(NC(=O)Nc2ccccc2Cl)CC1. The number of hydrogen-bond donors (Lipinski definition) is 3. The first-order valence-corrected chi connectivity index (χ1v) is 6.66. The third-order valence-corrected chi connectivity index (χ3v) is 3.63. The van der Waals surface area contributed by atoms with Gasteiger partial charge in [-0.1, -0.05) is 23.7 Å². The topological polar surface area (TPSA) is 45.6 Å². The first-order chi connectivity index (χ1) is 8.65. The van der Waals surface area contributed by atoms with Crippen molar-refractivity contribution in [3.63, 3.8) is 0 Å². The molecule has 1 saturated heterocycles. The molecule has 18 heavy (non-hydrogen) atoms. The van der Waals surface area contributed by atoms with Crippen LogP contribution in [0.25, 0.3) is 0 Å². The molecule has 4 nitrogen and oxygen atoms in total. The van der Waals surface area contributed by atoms with Crippen molar-refractivity contribution in [2.45, 2.75) is 18.9 Å². The van der Waals surface area contributed by atoms with Gasteiger partial charge in [0.15, 0.2) is 0 Å². The Morgan fingerprint density at radius 1 is 1.33 bits per heavy atom. The maximum absolute atomic E-state index is 11.8. The molecule has 0 spiro atoms. The van der Waals surface area contributed by atoms with E-state index in [1.807, 2.05) is 12.1 Å². The van der Waals surface area contributed by atoms with Crippen LogP contribution < -0.4 is 15.5 Å². The normalized spacial score (nSPS) is 23.4. The number of rotatable bonds is 2. The molecule has 1 fully saturated rings. The maximum atomic E-state index is 11.8. The van der Waals surface area contributed by atoms with Crippen LogP contribution in [0.3, 0.4) is 0 Å². The minimum absolute atomic E-state index is 0.173. The average Bonchev–Trinajstić information content (AvgIpc) is 2.35. The molecule has 2 amide bonds. The van der Waals surface area contributed by atoms with Crippen LogP contribution in [-0.4, -0.2) is 32.2 Å². The molecule has 1 heterocycles. The molecule has 3 N–H and O–H groups in total. The highest BCUT2D eigenvalue weighted by Crippen LogP contribution is 2.20. The highest BCUT2D eigenvalue weighted by molar-refractivity contribution is 6.33. The van der Waals surface area contributed by atoms with E-state index in [4.69, 9.17) is 11.6 Å². The first-order valence-electron chi connectivity index (χ1n) is 6.28. The zero-order chi connectivity index (χ0) is 13.0. The summed E-state index contributed by atoms with van der Waals surface area (Å²) in [6, 6.07) is 7.34. The summed E-state index contributed by atoms with van der Waals surface area (Å²) in [7, 11) is 2.18. The summed E-state index contributed by atoms with van der Waals surface area (Å²) < 4.78 is 0. The van der Waals surface area contributed by atoms with Crippen molar-refractivity contribution >= 4 is 23.3 Å². The summed E-state index contributed by atoms with van der Waals surface area (Å²) in [5.41, 5.74) is 0.648. The Labute approximate surface area is 112 Å². The Morgan fingerprint density at radius 2 is 2.00 bits per heavy atom. The summed E-state index contributed by atoms with van der Waals surface area (Å²) >= 11 is 5.98. The number of urea groups is 1. The molecule has 98 valence electrons. The predicted molar refractivity (Wildman–Crippen MR) is 73.2 cm³/mol. The summed E-state index contributed by atoms with van der Waals surface area (Å²) in [5, 5.41) is 6.33. The van der Waals surface area contributed by atoms with Crippen LogP contribution in [0.15, 0.2) is 24.3 Å². The van der Waals surface area contributed by atoms with Crippen LogP contribution in [0.4, 0.5) is 10.5 Å². The lowest BCUT2D eigenvalue weighted by Crippen LogP contribution is -3.10. The number of hydrogen-bond acceptors (Lipinski definition) is 1. The minimum Gasteiger partial charge on any atom is -0.337 e. The minimum atomic E-state index is -0.173. The Balaban J connectivity index is 1.84. The fourth-order valence-corrected chi connectivity index (χ4v) is 2.34. The first kappa shape index (κ1) is 13.2. The Morgan fingerprint density at radius 3 is 2.67 bits per heavy atom. The number of carbonyl (C=O) groups excluding carboxylic acids is 1. The van der Waals surface area contributed by atoms with Gasteiger partial charge in [0.1, 0.15) is 0 Å². The molecular weight excluding hydrogens is 250 g/mol. The second-order valence-corrected chi connectivity index (χ2v) is 5.22. The lowest BCUT2D eigenvalue weighted by molar-refractivity contribution is -0.884. The molecule has 1 aliphatic rings.